The molecule has 8 nitrogen and oxygen atoms in total. The Morgan fingerprint density at radius 3 is 1.33 bits per heavy atom. The van der Waals surface area contributed by atoms with E-state index in [-0.39, 0.29) is 46.5 Å². The van der Waals surface area contributed by atoms with Crippen LogP contribution < -0.4 is 20.4 Å². The first-order valence-corrected chi connectivity index (χ1v) is 16.1. The number of anilines is 2. The largest absolute Gasteiger partial charge is 0.353 e. The molecule has 2 aliphatic heterocycles. The molecule has 2 aliphatic rings. The van der Waals surface area contributed by atoms with Crippen molar-refractivity contribution in [3.8, 4) is 0 Å². The van der Waals surface area contributed by atoms with Gasteiger partial charge in [-0.15, -0.1) is 0 Å². The van der Waals surface area contributed by atoms with Gasteiger partial charge in [0.1, 0.15) is 0 Å². The van der Waals surface area contributed by atoms with Crippen molar-refractivity contribution in [1.82, 2.24) is 10.6 Å². The Labute approximate surface area is 265 Å². The maximum Gasteiger partial charge on any atom is 0.272 e. The average molecular weight is 641 g/mol. The summed E-state index contributed by atoms with van der Waals surface area (Å²) in [4.78, 5) is 54.7. The number of rotatable bonds is 10. The lowest BCUT2D eigenvalue weighted by molar-refractivity contribution is -0.121. The van der Waals surface area contributed by atoms with Gasteiger partial charge in [0.05, 0.1) is 34.0 Å². The molecule has 220 valence electrons. The van der Waals surface area contributed by atoms with Crippen LogP contribution >= 0.6 is 48.0 Å². The Bertz CT molecular complexity index is 1350. The Morgan fingerprint density at radius 1 is 0.690 bits per heavy atom. The molecule has 0 bridgehead atoms. The molecule has 0 aromatic heterocycles. The number of nitrogens with zero attached hydrogens (tertiary/aromatic N) is 2. The van der Waals surface area contributed by atoms with Crippen LogP contribution in [0.2, 0.25) is 0 Å². The molecule has 2 aromatic rings. The number of carbonyl (C=O) groups is 4. The summed E-state index contributed by atoms with van der Waals surface area (Å²) < 4.78 is 0.616. The first kappa shape index (κ1) is 31.9. The lowest BCUT2D eigenvalue weighted by atomic mass is 10.1. The van der Waals surface area contributed by atoms with E-state index in [1.165, 1.54) is 9.80 Å². The van der Waals surface area contributed by atoms with Crippen LogP contribution in [-0.2, 0) is 32.0 Å². The van der Waals surface area contributed by atoms with Crippen LogP contribution in [0.15, 0.2) is 58.3 Å². The van der Waals surface area contributed by atoms with Gasteiger partial charge < -0.3 is 10.6 Å². The summed E-state index contributed by atoms with van der Waals surface area (Å²) in [6, 6.07) is 14.4. The van der Waals surface area contributed by atoms with Gasteiger partial charge in [-0.1, -0.05) is 86.1 Å². The summed E-state index contributed by atoms with van der Waals surface area (Å²) in [5, 5.41) is 5.88. The highest BCUT2D eigenvalue weighted by atomic mass is 32.2. The molecule has 12 heteroatoms. The molecular formula is C30H32N4O4S4. The van der Waals surface area contributed by atoms with Crippen molar-refractivity contribution < 1.29 is 19.2 Å². The molecule has 4 amide bonds. The first-order valence-electron chi connectivity index (χ1n) is 13.7. The van der Waals surface area contributed by atoms with Gasteiger partial charge in [-0.05, 0) is 62.1 Å². The number of hydrogen-bond donors (Lipinski definition) is 2. The van der Waals surface area contributed by atoms with E-state index in [4.69, 9.17) is 24.4 Å². The summed E-state index contributed by atoms with van der Waals surface area (Å²) in [6.07, 6.45) is 2.17. The fourth-order valence-electron chi connectivity index (χ4n) is 4.21. The van der Waals surface area contributed by atoms with Crippen molar-refractivity contribution in [3.63, 3.8) is 0 Å². The zero-order valence-corrected chi connectivity index (χ0v) is 27.0. The minimum atomic E-state index is -0.393. The van der Waals surface area contributed by atoms with Crippen LogP contribution in [-0.4, -0.2) is 44.4 Å². The lowest BCUT2D eigenvalue weighted by Gasteiger charge is -2.16. The van der Waals surface area contributed by atoms with E-state index in [1.807, 2.05) is 27.7 Å². The van der Waals surface area contributed by atoms with Gasteiger partial charge in [-0.25, -0.2) is 0 Å². The number of benzene rings is 2. The van der Waals surface area contributed by atoms with E-state index in [1.54, 1.807) is 48.5 Å². The summed E-state index contributed by atoms with van der Waals surface area (Å²) >= 11 is 13.2. The van der Waals surface area contributed by atoms with E-state index in [9.17, 15) is 19.2 Å². The summed E-state index contributed by atoms with van der Waals surface area (Å²) in [5.74, 6) is -0.913. The molecule has 2 N–H and O–H groups in total. The van der Waals surface area contributed by atoms with Crippen LogP contribution in [0.5, 0.6) is 0 Å². The third kappa shape index (κ3) is 7.28. The second-order valence-electron chi connectivity index (χ2n) is 10.1. The molecule has 4 rings (SSSR count). The Morgan fingerprint density at radius 2 is 1.02 bits per heavy atom. The number of thioether (sulfide) groups is 2. The van der Waals surface area contributed by atoms with E-state index in [0.717, 1.165) is 47.5 Å². The van der Waals surface area contributed by atoms with Gasteiger partial charge in [-0.2, -0.15) is 0 Å². The van der Waals surface area contributed by atoms with Crippen molar-refractivity contribution in [1.29, 1.82) is 0 Å². The number of nitrogens with one attached hydrogen (secondary N) is 2. The van der Waals surface area contributed by atoms with Crippen molar-refractivity contribution in [2.24, 2.45) is 0 Å². The Hall–Kier alpha value is -3.06. The number of amides is 4. The maximum atomic E-state index is 13.5. The standard InChI is InChI=1S/C30H32N4O4S4/c1-5-17(3)31-23(35)15-19-7-11-21(12-8-19)33-27(37)25(41-29(33)39)26-28(38)34(30(40)42-26)22-13-9-20(10-14-22)16-24(36)32-18(4)6-2/h7-14,17-18H,5-6,15-16H2,1-4H3,(H,31,35)(H,32,36). The van der Waals surface area contributed by atoms with E-state index >= 15 is 0 Å². The van der Waals surface area contributed by atoms with Gasteiger partial charge >= 0.3 is 0 Å². The average Bonchev–Trinajstić information content (AvgIpc) is 3.42. The third-order valence-corrected chi connectivity index (χ3v) is 9.78. The van der Waals surface area contributed by atoms with Crippen LogP contribution in [0.1, 0.15) is 51.7 Å². The van der Waals surface area contributed by atoms with Crippen LogP contribution in [0.25, 0.3) is 0 Å². The molecule has 2 unspecified atom stereocenters. The zero-order chi connectivity index (χ0) is 30.6. The molecule has 2 heterocycles. The topological polar surface area (TPSA) is 98.8 Å². The summed E-state index contributed by atoms with van der Waals surface area (Å²) in [5.41, 5.74) is 2.74. The molecule has 2 atom stereocenters. The summed E-state index contributed by atoms with van der Waals surface area (Å²) in [7, 11) is 0. The molecule has 2 fully saturated rings. The second-order valence-corrected chi connectivity index (χ2v) is 13.4. The highest BCUT2D eigenvalue weighted by molar-refractivity contribution is 8.30. The van der Waals surface area contributed by atoms with Crippen LogP contribution in [0, 0.1) is 0 Å². The SMILES string of the molecule is CCC(C)NC(=O)Cc1ccc(N2C(=O)C(=C3SC(=S)N(c4ccc(CC(=O)NC(C)CC)cc4)C3=O)SC2=S)cc1. The quantitative estimate of drug-likeness (QED) is 0.269. The zero-order valence-electron chi connectivity index (χ0n) is 23.8. The first-order chi connectivity index (χ1) is 20.0. The van der Waals surface area contributed by atoms with Crippen molar-refractivity contribution in [2.45, 2.75) is 65.5 Å². The molecule has 0 aliphatic carbocycles. The van der Waals surface area contributed by atoms with E-state index in [0.29, 0.717) is 20.0 Å². The van der Waals surface area contributed by atoms with Gasteiger partial charge in [0.25, 0.3) is 11.8 Å². The van der Waals surface area contributed by atoms with Gasteiger partial charge in [0.2, 0.25) is 11.8 Å². The van der Waals surface area contributed by atoms with Crippen molar-refractivity contribution in [2.75, 3.05) is 9.80 Å². The summed E-state index contributed by atoms with van der Waals surface area (Å²) in [6.45, 7) is 7.93. The van der Waals surface area contributed by atoms with Crippen LogP contribution in [0.4, 0.5) is 11.4 Å². The molecule has 42 heavy (non-hydrogen) atoms. The fourth-order valence-corrected chi connectivity index (χ4v) is 6.96. The molecule has 0 spiro atoms. The van der Waals surface area contributed by atoms with Gasteiger partial charge in [-0.3, -0.25) is 29.0 Å². The van der Waals surface area contributed by atoms with Crippen LogP contribution in [0.3, 0.4) is 0 Å². The highest BCUT2D eigenvalue weighted by Gasteiger charge is 2.43. The normalized spacial score (nSPS) is 18.5. The van der Waals surface area contributed by atoms with Gasteiger partial charge in [0, 0.05) is 12.1 Å². The van der Waals surface area contributed by atoms with Crippen molar-refractivity contribution >= 4 is 91.6 Å². The highest BCUT2D eigenvalue weighted by Crippen LogP contribution is 2.44. The molecule has 0 radical (unpaired) electrons. The monoisotopic (exact) mass is 640 g/mol. The van der Waals surface area contributed by atoms with Crippen molar-refractivity contribution in [3.05, 3.63) is 69.5 Å². The molecule has 0 saturated carbocycles. The lowest BCUT2D eigenvalue weighted by Crippen LogP contribution is -2.33. The minimum Gasteiger partial charge on any atom is -0.353 e. The van der Waals surface area contributed by atoms with E-state index < -0.39 is 11.8 Å². The minimum absolute atomic E-state index is 0.0634. The Kier molecular flexibility index (Phi) is 10.6. The number of thiocarbonyl (C=S) groups is 2. The molecular weight excluding hydrogens is 609 g/mol. The predicted octanol–water partition coefficient (Wildman–Crippen LogP) is 5.24. The molecule has 2 saturated heterocycles. The van der Waals surface area contributed by atoms with E-state index in [2.05, 4.69) is 10.6 Å². The second kappa shape index (κ2) is 13.9. The molecule has 2 aromatic carbocycles. The maximum absolute atomic E-state index is 13.5. The fraction of sp³-hybridized carbons (Fsp3) is 0.333. The Balaban J connectivity index is 1.46. The number of carbonyl (C=O) groups excluding carboxylic acids is 4. The number of hydrogen-bond acceptors (Lipinski definition) is 8. The predicted molar refractivity (Wildman–Crippen MR) is 178 cm³/mol. The third-order valence-electron chi connectivity index (χ3n) is 6.90. The van der Waals surface area contributed by atoms with Gasteiger partial charge in [0.15, 0.2) is 8.64 Å². The smallest absolute Gasteiger partial charge is 0.272 e.